The van der Waals surface area contributed by atoms with E-state index in [0.29, 0.717) is 24.2 Å². The monoisotopic (exact) mass is 326 g/mol. The largest absolute Gasteiger partial charge is 0.445 e. The second-order valence-corrected chi connectivity index (χ2v) is 5.30. The molecule has 0 fully saturated rings. The van der Waals surface area contributed by atoms with E-state index < -0.39 is 6.09 Å². The fraction of sp³-hybridized carbons (Fsp3) is 0.211. The van der Waals surface area contributed by atoms with Crippen LogP contribution in [0.3, 0.4) is 0 Å². The first-order chi connectivity index (χ1) is 11.7. The molecule has 5 heteroatoms. The molecule has 0 aromatic heterocycles. The number of alkyl carbamates (subject to hydrolysis) is 1. The normalized spacial score (nSPS) is 10.7. The highest BCUT2D eigenvalue weighted by molar-refractivity contribution is 5.67. The Hall–Kier alpha value is -2.79. The Morgan fingerprint density at radius 1 is 1.21 bits per heavy atom. The zero-order valence-electron chi connectivity index (χ0n) is 13.4. The predicted molar refractivity (Wildman–Crippen MR) is 95.1 cm³/mol. The molecule has 0 bridgehead atoms. The second-order valence-electron chi connectivity index (χ2n) is 5.30. The summed E-state index contributed by atoms with van der Waals surface area (Å²) in [6.45, 7) is 0.673. The molecule has 0 radical (unpaired) electrons. The Morgan fingerprint density at radius 2 is 2.00 bits per heavy atom. The van der Waals surface area contributed by atoms with Crippen molar-refractivity contribution in [3.63, 3.8) is 0 Å². The highest BCUT2D eigenvalue weighted by atomic mass is 16.5. The zero-order valence-corrected chi connectivity index (χ0v) is 13.4. The van der Waals surface area contributed by atoms with Crippen LogP contribution in [0.4, 0.5) is 10.5 Å². The van der Waals surface area contributed by atoms with Gasteiger partial charge >= 0.3 is 6.09 Å². The van der Waals surface area contributed by atoms with E-state index in [-0.39, 0.29) is 13.2 Å². The van der Waals surface area contributed by atoms with Gasteiger partial charge in [0, 0.05) is 17.8 Å². The van der Waals surface area contributed by atoms with Gasteiger partial charge in [0.1, 0.15) is 6.61 Å². The minimum Gasteiger partial charge on any atom is -0.445 e. The number of nitrogens with two attached hydrogens (primary N) is 1. The number of nitrogen functional groups attached to an aromatic ring is 1. The number of aliphatic hydroxyl groups excluding tert-OH is 1. The third-order valence-electron chi connectivity index (χ3n) is 3.44. The van der Waals surface area contributed by atoms with E-state index in [1.807, 2.05) is 54.6 Å². The standard InChI is InChI=1S/C19H22N2O3/c20-18-10-9-15(12-17(18)13-22)6-4-5-11-21-19(23)24-14-16-7-2-1-3-8-16/h1-4,6-10,12,22H,5,11,13-14,20H2,(H,21,23). The summed E-state index contributed by atoms with van der Waals surface area (Å²) >= 11 is 0. The Bertz CT molecular complexity index is 684. The molecule has 0 saturated carbocycles. The minimum absolute atomic E-state index is 0.0810. The van der Waals surface area contributed by atoms with Gasteiger partial charge in [0.2, 0.25) is 0 Å². The second kappa shape index (κ2) is 9.37. The molecule has 0 aliphatic rings. The molecule has 1 amide bonds. The van der Waals surface area contributed by atoms with Crippen molar-refractivity contribution < 1.29 is 14.6 Å². The maximum Gasteiger partial charge on any atom is 0.407 e. The third-order valence-corrected chi connectivity index (χ3v) is 3.44. The number of ether oxygens (including phenoxy) is 1. The van der Waals surface area contributed by atoms with Crippen molar-refractivity contribution in [3.8, 4) is 0 Å². The lowest BCUT2D eigenvalue weighted by Gasteiger charge is -2.06. The highest BCUT2D eigenvalue weighted by Crippen LogP contribution is 2.15. The quantitative estimate of drug-likeness (QED) is 0.539. The van der Waals surface area contributed by atoms with E-state index in [4.69, 9.17) is 10.5 Å². The number of anilines is 1. The van der Waals surface area contributed by atoms with E-state index >= 15 is 0 Å². The van der Waals surface area contributed by atoms with E-state index in [0.717, 1.165) is 11.1 Å². The lowest BCUT2D eigenvalue weighted by molar-refractivity contribution is 0.140. The van der Waals surface area contributed by atoms with Crippen molar-refractivity contribution in [1.29, 1.82) is 0 Å². The van der Waals surface area contributed by atoms with Crippen molar-refractivity contribution in [2.75, 3.05) is 12.3 Å². The first-order valence-electron chi connectivity index (χ1n) is 7.79. The van der Waals surface area contributed by atoms with E-state index in [1.54, 1.807) is 6.07 Å². The minimum atomic E-state index is -0.428. The number of amides is 1. The molecule has 0 aliphatic heterocycles. The van der Waals surface area contributed by atoms with E-state index in [1.165, 1.54) is 0 Å². The van der Waals surface area contributed by atoms with Crippen LogP contribution in [0, 0.1) is 0 Å². The summed E-state index contributed by atoms with van der Waals surface area (Å²) in [6.07, 6.45) is 4.13. The summed E-state index contributed by atoms with van der Waals surface area (Å²) < 4.78 is 5.12. The lowest BCUT2D eigenvalue weighted by atomic mass is 10.1. The molecule has 24 heavy (non-hydrogen) atoms. The molecule has 0 unspecified atom stereocenters. The number of hydrogen-bond acceptors (Lipinski definition) is 4. The van der Waals surface area contributed by atoms with Crippen LogP contribution in [-0.4, -0.2) is 17.7 Å². The molecule has 2 rings (SSSR count). The van der Waals surface area contributed by atoms with Crippen LogP contribution in [0.1, 0.15) is 23.1 Å². The Kier molecular flexibility index (Phi) is 6.86. The summed E-state index contributed by atoms with van der Waals surface area (Å²) in [4.78, 5) is 11.6. The molecule has 0 saturated heterocycles. The van der Waals surface area contributed by atoms with E-state index in [9.17, 15) is 9.90 Å². The van der Waals surface area contributed by atoms with Gasteiger partial charge < -0.3 is 20.9 Å². The van der Waals surface area contributed by atoms with Gasteiger partial charge in [-0.2, -0.15) is 0 Å². The molecule has 126 valence electrons. The average molecular weight is 326 g/mol. The first-order valence-corrected chi connectivity index (χ1v) is 7.79. The van der Waals surface area contributed by atoms with Gasteiger partial charge in [0.05, 0.1) is 6.61 Å². The summed E-state index contributed by atoms with van der Waals surface area (Å²) in [5.41, 5.74) is 8.94. The van der Waals surface area contributed by atoms with Crippen molar-refractivity contribution in [3.05, 3.63) is 71.3 Å². The van der Waals surface area contributed by atoms with Gasteiger partial charge in [-0.1, -0.05) is 48.6 Å². The molecule has 0 aliphatic carbocycles. The van der Waals surface area contributed by atoms with Crippen molar-refractivity contribution in [2.24, 2.45) is 0 Å². The molecule has 0 heterocycles. The van der Waals surface area contributed by atoms with Crippen LogP contribution in [0.15, 0.2) is 54.6 Å². The zero-order chi connectivity index (χ0) is 17.2. The van der Waals surface area contributed by atoms with Crippen LogP contribution in [0.25, 0.3) is 6.08 Å². The van der Waals surface area contributed by atoms with Gasteiger partial charge in [0.15, 0.2) is 0 Å². The molecule has 2 aromatic carbocycles. The van der Waals surface area contributed by atoms with Gasteiger partial charge in [0.25, 0.3) is 0 Å². The SMILES string of the molecule is Nc1ccc(C=CCCNC(=O)OCc2ccccc2)cc1CO. The molecular formula is C19H22N2O3. The molecule has 5 nitrogen and oxygen atoms in total. The fourth-order valence-corrected chi connectivity index (χ4v) is 2.12. The predicted octanol–water partition coefficient (Wildman–Crippen LogP) is 3.09. The maximum absolute atomic E-state index is 11.6. The number of carbonyl (C=O) groups is 1. The van der Waals surface area contributed by atoms with Gasteiger partial charge in [-0.05, 0) is 29.7 Å². The molecule has 2 aromatic rings. The molecule has 4 N–H and O–H groups in total. The first kappa shape index (κ1) is 17.6. The summed E-state index contributed by atoms with van der Waals surface area (Å²) in [7, 11) is 0. The molecular weight excluding hydrogens is 304 g/mol. The Morgan fingerprint density at radius 3 is 2.75 bits per heavy atom. The van der Waals surface area contributed by atoms with Crippen molar-refractivity contribution >= 4 is 17.9 Å². The number of hydrogen-bond donors (Lipinski definition) is 3. The lowest BCUT2D eigenvalue weighted by Crippen LogP contribution is -2.24. The molecule has 0 spiro atoms. The fourth-order valence-electron chi connectivity index (χ4n) is 2.12. The van der Waals surface area contributed by atoms with Crippen LogP contribution in [0.5, 0.6) is 0 Å². The topological polar surface area (TPSA) is 84.6 Å². The molecule has 0 atom stereocenters. The smallest absolute Gasteiger partial charge is 0.407 e. The van der Waals surface area contributed by atoms with E-state index in [2.05, 4.69) is 5.32 Å². The maximum atomic E-state index is 11.6. The summed E-state index contributed by atoms with van der Waals surface area (Å²) in [6, 6.07) is 15.0. The average Bonchev–Trinajstić information content (AvgIpc) is 2.62. The van der Waals surface area contributed by atoms with Gasteiger partial charge in [-0.3, -0.25) is 0 Å². The van der Waals surface area contributed by atoms with Crippen molar-refractivity contribution in [2.45, 2.75) is 19.6 Å². The number of rotatable bonds is 7. The summed E-state index contributed by atoms with van der Waals surface area (Å²) in [5.74, 6) is 0. The third kappa shape index (κ3) is 5.78. The van der Waals surface area contributed by atoms with Crippen LogP contribution >= 0.6 is 0 Å². The van der Waals surface area contributed by atoms with Gasteiger partial charge in [-0.25, -0.2) is 4.79 Å². The van der Waals surface area contributed by atoms with Crippen LogP contribution < -0.4 is 11.1 Å². The summed E-state index contributed by atoms with van der Waals surface area (Å²) in [5, 5.41) is 11.9. The highest BCUT2D eigenvalue weighted by Gasteiger charge is 2.01. The number of benzene rings is 2. The van der Waals surface area contributed by atoms with Gasteiger partial charge in [-0.15, -0.1) is 0 Å². The Labute approximate surface area is 141 Å². The Balaban J connectivity index is 1.67. The number of nitrogens with one attached hydrogen (secondary N) is 1. The number of aliphatic hydroxyl groups is 1. The van der Waals surface area contributed by atoms with Crippen LogP contribution in [0.2, 0.25) is 0 Å². The van der Waals surface area contributed by atoms with Crippen LogP contribution in [-0.2, 0) is 18.0 Å². The number of carbonyl (C=O) groups excluding carboxylic acids is 1. The van der Waals surface area contributed by atoms with Crippen molar-refractivity contribution in [1.82, 2.24) is 5.32 Å².